The standard InChI is InChI=1S/C13H20N2O/c1-4-16-13(2,3)10-15-12(14)11-8-6-5-7-9-11/h5-9H,4,10H2,1-3H3,(H2,14,15). The zero-order valence-electron chi connectivity index (χ0n) is 10.2. The molecule has 1 aromatic carbocycles. The van der Waals surface area contributed by atoms with Crippen LogP contribution in [-0.4, -0.2) is 24.6 Å². The Hall–Kier alpha value is -1.35. The van der Waals surface area contributed by atoms with E-state index >= 15 is 0 Å². The third kappa shape index (κ3) is 4.03. The first kappa shape index (κ1) is 12.7. The zero-order valence-corrected chi connectivity index (χ0v) is 10.2. The van der Waals surface area contributed by atoms with Gasteiger partial charge in [-0.05, 0) is 20.8 Å². The van der Waals surface area contributed by atoms with Gasteiger partial charge in [-0.1, -0.05) is 30.3 Å². The second-order valence-corrected chi connectivity index (χ2v) is 4.26. The molecule has 0 bridgehead atoms. The quantitative estimate of drug-likeness (QED) is 0.611. The summed E-state index contributed by atoms with van der Waals surface area (Å²) < 4.78 is 5.55. The summed E-state index contributed by atoms with van der Waals surface area (Å²) in [5, 5.41) is 0. The molecule has 0 aromatic heterocycles. The number of hydrogen-bond donors (Lipinski definition) is 1. The number of benzene rings is 1. The van der Waals surface area contributed by atoms with Crippen molar-refractivity contribution in [2.45, 2.75) is 26.4 Å². The fourth-order valence-corrected chi connectivity index (χ4v) is 1.41. The predicted octanol–water partition coefficient (Wildman–Crippen LogP) is 2.21. The van der Waals surface area contributed by atoms with Crippen LogP contribution in [0, 0.1) is 0 Å². The SMILES string of the molecule is CCOC(C)(C)CN=C(N)c1ccccc1. The first-order valence-corrected chi connectivity index (χ1v) is 5.54. The molecule has 0 saturated carbocycles. The number of nitrogens with two attached hydrogens (primary N) is 1. The largest absolute Gasteiger partial charge is 0.384 e. The lowest BCUT2D eigenvalue weighted by Gasteiger charge is -2.22. The van der Waals surface area contributed by atoms with Crippen molar-refractivity contribution in [3.8, 4) is 0 Å². The molecule has 0 unspecified atom stereocenters. The lowest BCUT2D eigenvalue weighted by Crippen LogP contribution is -2.29. The van der Waals surface area contributed by atoms with Crippen molar-refractivity contribution >= 4 is 5.84 Å². The monoisotopic (exact) mass is 220 g/mol. The molecule has 0 aliphatic carbocycles. The minimum Gasteiger partial charge on any atom is -0.384 e. The normalized spacial score (nSPS) is 12.8. The van der Waals surface area contributed by atoms with E-state index in [0.717, 1.165) is 5.56 Å². The third-order valence-corrected chi connectivity index (χ3v) is 2.23. The van der Waals surface area contributed by atoms with Gasteiger partial charge in [-0.15, -0.1) is 0 Å². The highest BCUT2D eigenvalue weighted by Crippen LogP contribution is 2.09. The number of nitrogens with zero attached hydrogens (tertiary/aromatic N) is 1. The summed E-state index contributed by atoms with van der Waals surface area (Å²) in [5.41, 5.74) is 6.59. The summed E-state index contributed by atoms with van der Waals surface area (Å²) in [4.78, 5) is 4.35. The summed E-state index contributed by atoms with van der Waals surface area (Å²) in [6.45, 7) is 7.26. The number of rotatable bonds is 5. The van der Waals surface area contributed by atoms with Crippen molar-refractivity contribution in [1.29, 1.82) is 0 Å². The lowest BCUT2D eigenvalue weighted by molar-refractivity contribution is -0.00209. The van der Waals surface area contributed by atoms with Gasteiger partial charge in [-0.3, -0.25) is 4.99 Å². The molecule has 3 heteroatoms. The Kier molecular flexibility index (Phi) is 4.50. The Morgan fingerprint density at radius 2 is 1.94 bits per heavy atom. The number of hydrogen-bond acceptors (Lipinski definition) is 2. The minimum absolute atomic E-state index is 0.256. The number of aliphatic imine (C=N–C) groups is 1. The predicted molar refractivity (Wildman–Crippen MR) is 67.7 cm³/mol. The Labute approximate surface area is 97.3 Å². The highest BCUT2D eigenvalue weighted by Gasteiger charge is 2.16. The minimum atomic E-state index is -0.256. The Morgan fingerprint density at radius 1 is 1.31 bits per heavy atom. The van der Waals surface area contributed by atoms with E-state index in [1.165, 1.54) is 0 Å². The molecule has 0 atom stereocenters. The Bertz CT molecular complexity index is 344. The van der Waals surface area contributed by atoms with Gasteiger partial charge in [0.25, 0.3) is 0 Å². The van der Waals surface area contributed by atoms with E-state index in [4.69, 9.17) is 10.5 Å². The van der Waals surface area contributed by atoms with Gasteiger partial charge in [0.05, 0.1) is 12.1 Å². The van der Waals surface area contributed by atoms with Crippen molar-refractivity contribution in [3.05, 3.63) is 35.9 Å². The summed E-state index contributed by atoms with van der Waals surface area (Å²) in [5.74, 6) is 0.563. The Morgan fingerprint density at radius 3 is 2.50 bits per heavy atom. The van der Waals surface area contributed by atoms with Gasteiger partial charge in [-0.25, -0.2) is 0 Å². The molecule has 0 spiro atoms. The van der Waals surface area contributed by atoms with Crippen LogP contribution in [0.5, 0.6) is 0 Å². The van der Waals surface area contributed by atoms with Crippen molar-refractivity contribution in [2.75, 3.05) is 13.2 Å². The molecule has 0 fully saturated rings. The molecule has 0 radical (unpaired) electrons. The van der Waals surface area contributed by atoms with Gasteiger partial charge in [0, 0.05) is 12.2 Å². The average Bonchev–Trinajstić information content (AvgIpc) is 2.27. The number of amidine groups is 1. The number of ether oxygens (including phenoxy) is 1. The van der Waals surface area contributed by atoms with Crippen molar-refractivity contribution in [1.82, 2.24) is 0 Å². The summed E-state index contributed by atoms with van der Waals surface area (Å²) in [7, 11) is 0. The third-order valence-electron chi connectivity index (χ3n) is 2.23. The highest BCUT2D eigenvalue weighted by molar-refractivity contribution is 5.97. The van der Waals surface area contributed by atoms with Gasteiger partial charge in [0.2, 0.25) is 0 Å². The molecule has 2 N–H and O–H groups in total. The molecule has 0 heterocycles. The highest BCUT2D eigenvalue weighted by atomic mass is 16.5. The van der Waals surface area contributed by atoms with E-state index in [0.29, 0.717) is 19.0 Å². The molecule has 16 heavy (non-hydrogen) atoms. The maximum absolute atomic E-state index is 5.89. The van der Waals surface area contributed by atoms with Gasteiger partial charge in [-0.2, -0.15) is 0 Å². The van der Waals surface area contributed by atoms with Gasteiger partial charge >= 0.3 is 0 Å². The average molecular weight is 220 g/mol. The molecule has 1 aromatic rings. The van der Waals surface area contributed by atoms with Crippen LogP contribution in [0.4, 0.5) is 0 Å². The van der Waals surface area contributed by atoms with Crippen LogP contribution < -0.4 is 5.73 Å². The van der Waals surface area contributed by atoms with E-state index in [-0.39, 0.29) is 5.60 Å². The van der Waals surface area contributed by atoms with Crippen molar-refractivity contribution in [2.24, 2.45) is 10.7 Å². The lowest BCUT2D eigenvalue weighted by atomic mass is 10.1. The molecular weight excluding hydrogens is 200 g/mol. The second-order valence-electron chi connectivity index (χ2n) is 4.26. The van der Waals surface area contributed by atoms with E-state index < -0.39 is 0 Å². The van der Waals surface area contributed by atoms with Crippen LogP contribution in [0.25, 0.3) is 0 Å². The van der Waals surface area contributed by atoms with E-state index in [9.17, 15) is 0 Å². The maximum Gasteiger partial charge on any atom is 0.125 e. The topological polar surface area (TPSA) is 47.6 Å². The van der Waals surface area contributed by atoms with E-state index in [1.807, 2.05) is 51.1 Å². The van der Waals surface area contributed by atoms with E-state index in [1.54, 1.807) is 0 Å². The van der Waals surface area contributed by atoms with Crippen LogP contribution in [0.2, 0.25) is 0 Å². The summed E-state index contributed by atoms with van der Waals surface area (Å²) >= 11 is 0. The van der Waals surface area contributed by atoms with Gasteiger partial charge in [0.15, 0.2) is 0 Å². The first-order chi connectivity index (χ1) is 7.55. The zero-order chi connectivity index (χ0) is 12.0. The fourth-order valence-electron chi connectivity index (χ4n) is 1.41. The second kappa shape index (κ2) is 5.66. The molecule has 88 valence electrons. The molecule has 0 amide bonds. The molecule has 0 aliphatic rings. The van der Waals surface area contributed by atoms with E-state index in [2.05, 4.69) is 4.99 Å². The van der Waals surface area contributed by atoms with Gasteiger partial charge < -0.3 is 10.5 Å². The first-order valence-electron chi connectivity index (χ1n) is 5.54. The summed E-state index contributed by atoms with van der Waals surface area (Å²) in [6.07, 6.45) is 0. The molecule has 1 rings (SSSR count). The smallest absolute Gasteiger partial charge is 0.125 e. The maximum atomic E-state index is 5.89. The van der Waals surface area contributed by atoms with Crippen LogP contribution in [0.15, 0.2) is 35.3 Å². The van der Waals surface area contributed by atoms with Crippen LogP contribution in [-0.2, 0) is 4.74 Å². The Balaban J connectivity index is 2.65. The summed E-state index contributed by atoms with van der Waals surface area (Å²) in [6, 6.07) is 9.76. The van der Waals surface area contributed by atoms with Gasteiger partial charge in [0.1, 0.15) is 5.84 Å². The molecule has 3 nitrogen and oxygen atoms in total. The van der Waals surface area contributed by atoms with Crippen LogP contribution in [0.1, 0.15) is 26.3 Å². The molecule has 0 aliphatic heterocycles. The van der Waals surface area contributed by atoms with Crippen molar-refractivity contribution < 1.29 is 4.74 Å². The van der Waals surface area contributed by atoms with Crippen molar-refractivity contribution in [3.63, 3.8) is 0 Å². The molecular formula is C13H20N2O. The van der Waals surface area contributed by atoms with Crippen LogP contribution >= 0.6 is 0 Å². The molecule has 0 saturated heterocycles. The fraction of sp³-hybridized carbons (Fsp3) is 0.462. The van der Waals surface area contributed by atoms with Crippen LogP contribution in [0.3, 0.4) is 0 Å².